The predicted molar refractivity (Wildman–Crippen MR) is 135 cm³/mol. The summed E-state index contributed by atoms with van der Waals surface area (Å²) < 4.78 is 12.7. The number of likely N-dealkylation sites (N-methyl/N-ethyl adjacent to an activating group) is 1. The molecule has 3 rings (SSSR count). The maximum absolute atomic E-state index is 13.8. The summed E-state index contributed by atoms with van der Waals surface area (Å²) in [5.41, 5.74) is 2.23. The van der Waals surface area contributed by atoms with Crippen molar-refractivity contribution >= 4 is 22.9 Å². The number of nitrogens with zero attached hydrogens (tertiary/aromatic N) is 2. The Hall–Kier alpha value is -3.32. The number of fused-ring (bicyclic) bond motifs is 1. The molecule has 0 saturated carbocycles. The molecule has 0 aliphatic rings. The zero-order valence-electron chi connectivity index (χ0n) is 20.9. The number of benzene rings is 2. The average molecular weight is 466 g/mol. The van der Waals surface area contributed by atoms with Crippen LogP contribution < -0.4 is 10.1 Å². The van der Waals surface area contributed by atoms with E-state index < -0.39 is 17.7 Å². The molecule has 182 valence electrons. The standard InChI is InChI=1S/C27H35N3O4/c1-27(2,3)28-26(32)34-24(16-19-10-8-7-9-11-19)25(31)30-18-20(14-15-29(4)5)22-17-21(33-6)12-13-23(22)30/h7-13,17-18,24H,14-16H2,1-6H3,(H,28,32)/t24-/m0/s1. The lowest BCUT2D eigenvalue weighted by atomic mass is 10.1. The van der Waals surface area contributed by atoms with Crippen LogP contribution in [-0.2, 0) is 17.6 Å². The van der Waals surface area contributed by atoms with E-state index in [0.29, 0.717) is 0 Å². The number of hydrogen-bond acceptors (Lipinski definition) is 5. The third-order valence-corrected chi connectivity index (χ3v) is 5.43. The summed E-state index contributed by atoms with van der Waals surface area (Å²) in [5.74, 6) is 0.435. The molecule has 0 radical (unpaired) electrons. The molecule has 2 aromatic carbocycles. The Labute approximate surface area is 201 Å². The first-order valence-corrected chi connectivity index (χ1v) is 11.5. The van der Waals surface area contributed by atoms with Crippen LogP contribution in [0.25, 0.3) is 10.9 Å². The lowest BCUT2D eigenvalue weighted by molar-refractivity contribution is 0.0535. The minimum atomic E-state index is -0.982. The number of aromatic nitrogens is 1. The third-order valence-electron chi connectivity index (χ3n) is 5.43. The van der Waals surface area contributed by atoms with E-state index in [1.165, 1.54) is 0 Å². The van der Waals surface area contributed by atoms with Crippen LogP contribution in [0.1, 0.15) is 36.7 Å². The molecule has 1 heterocycles. The molecular weight excluding hydrogens is 430 g/mol. The SMILES string of the molecule is COc1ccc2c(c1)c(CCN(C)C)cn2C(=O)[C@H](Cc1ccccc1)OC(=O)NC(C)(C)C. The largest absolute Gasteiger partial charge is 0.497 e. The van der Waals surface area contributed by atoms with Gasteiger partial charge in [-0.05, 0) is 70.6 Å². The molecular formula is C27H35N3O4. The number of hydrogen-bond donors (Lipinski definition) is 1. The predicted octanol–water partition coefficient (Wildman–Crippen LogP) is 4.53. The van der Waals surface area contributed by atoms with Crippen LogP contribution in [0.2, 0.25) is 0 Å². The quantitative estimate of drug-likeness (QED) is 0.529. The molecule has 1 atom stereocenters. The highest BCUT2D eigenvalue weighted by atomic mass is 16.6. The van der Waals surface area contributed by atoms with Crippen molar-refractivity contribution in [3.8, 4) is 5.75 Å². The van der Waals surface area contributed by atoms with E-state index >= 15 is 0 Å². The zero-order valence-corrected chi connectivity index (χ0v) is 20.9. The van der Waals surface area contributed by atoms with Crippen LogP contribution in [0, 0.1) is 0 Å². The Kier molecular flexibility index (Phi) is 7.99. The molecule has 0 spiro atoms. The van der Waals surface area contributed by atoms with Gasteiger partial charge in [0, 0.05) is 30.1 Å². The molecule has 1 aromatic heterocycles. The van der Waals surface area contributed by atoms with Gasteiger partial charge in [-0.15, -0.1) is 0 Å². The van der Waals surface area contributed by atoms with Gasteiger partial charge >= 0.3 is 6.09 Å². The van der Waals surface area contributed by atoms with E-state index in [1.54, 1.807) is 11.7 Å². The number of carbonyl (C=O) groups is 2. The second-order valence-corrected chi connectivity index (χ2v) is 9.76. The fraction of sp³-hybridized carbons (Fsp3) is 0.407. The van der Waals surface area contributed by atoms with Gasteiger partial charge in [-0.1, -0.05) is 30.3 Å². The Morgan fingerprint density at radius 2 is 1.79 bits per heavy atom. The molecule has 7 nitrogen and oxygen atoms in total. The average Bonchev–Trinajstić information content (AvgIpc) is 3.14. The number of nitrogens with one attached hydrogen (secondary N) is 1. The zero-order chi connectivity index (χ0) is 24.9. The molecule has 1 N–H and O–H groups in total. The molecule has 1 amide bonds. The summed E-state index contributed by atoms with van der Waals surface area (Å²) in [6.07, 6.45) is 1.31. The molecule has 0 aliphatic carbocycles. The van der Waals surface area contributed by atoms with Crippen LogP contribution in [0.3, 0.4) is 0 Å². The first kappa shape index (κ1) is 25.3. The third kappa shape index (κ3) is 6.60. The number of amides is 1. The molecule has 0 fully saturated rings. The summed E-state index contributed by atoms with van der Waals surface area (Å²) in [4.78, 5) is 28.5. The molecule has 0 unspecified atom stereocenters. The molecule has 3 aromatic rings. The lowest BCUT2D eigenvalue weighted by Gasteiger charge is -2.23. The monoisotopic (exact) mass is 465 g/mol. The summed E-state index contributed by atoms with van der Waals surface area (Å²) in [5, 5.41) is 3.74. The van der Waals surface area contributed by atoms with E-state index in [-0.39, 0.29) is 12.3 Å². The second-order valence-electron chi connectivity index (χ2n) is 9.76. The highest BCUT2D eigenvalue weighted by Crippen LogP contribution is 2.27. The number of methoxy groups -OCH3 is 1. The Balaban J connectivity index is 1.99. The van der Waals surface area contributed by atoms with E-state index in [0.717, 1.165) is 40.7 Å². The highest BCUT2D eigenvalue weighted by molar-refractivity contribution is 5.97. The van der Waals surface area contributed by atoms with Gasteiger partial charge in [-0.25, -0.2) is 4.79 Å². The molecule has 7 heteroatoms. The summed E-state index contributed by atoms with van der Waals surface area (Å²) in [6, 6.07) is 15.2. The van der Waals surface area contributed by atoms with Crippen molar-refractivity contribution in [3.05, 3.63) is 65.9 Å². The normalized spacial score (nSPS) is 12.6. The van der Waals surface area contributed by atoms with E-state index in [2.05, 4.69) is 10.2 Å². The molecule has 0 aliphatic heterocycles. The van der Waals surface area contributed by atoms with Crippen molar-refractivity contribution < 1.29 is 19.1 Å². The van der Waals surface area contributed by atoms with Crippen molar-refractivity contribution in [2.45, 2.75) is 45.3 Å². The fourth-order valence-electron chi connectivity index (χ4n) is 3.76. The lowest BCUT2D eigenvalue weighted by Crippen LogP contribution is -2.44. The van der Waals surface area contributed by atoms with Gasteiger partial charge in [0.15, 0.2) is 6.10 Å². The van der Waals surface area contributed by atoms with Crippen molar-refractivity contribution in [2.24, 2.45) is 0 Å². The van der Waals surface area contributed by atoms with Crippen molar-refractivity contribution in [3.63, 3.8) is 0 Å². The molecule has 34 heavy (non-hydrogen) atoms. The maximum Gasteiger partial charge on any atom is 0.408 e. The van der Waals surface area contributed by atoms with Gasteiger partial charge in [0.1, 0.15) is 5.75 Å². The Morgan fingerprint density at radius 1 is 1.09 bits per heavy atom. The number of alkyl carbamates (subject to hydrolysis) is 1. The summed E-state index contributed by atoms with van der Waals surface area (Å²) >= 11 is 0. The first-order valence-electron chi connectivity index (χ1n) is 11.5. The van der Waals surface area contributed by atoms with Crippen molar-refractivity contribution in [1.82, 2.24) is 14.8 Å². The van der Waals surface area contributed by atoms with Crippen molar-refractivity contribution in [2.75, 3.05) is 27.7 Å². The number of carbonyl (C=O) groups excluding carboxylic acids is 2. The van der Waals surface area contributed by atoms with Crippen LogP contribution in [0.4, 0.5) is 4.79 Å². The van der Waals surface area contributed by atoms with Gasteiger partial charge in [0.2, 0.25) is 0 Å². The smallest absolute Gasteiger partial charge is 0.408 e. The van der Waals surface area contributed by atoms with Gasteiger partial charge in [-0.2, -0.15) is 0 Å². The van der Waals surface area contributed by atoms with Gasteiger partial charge < -0.3 is 19.7 Å². The summed E-state index contributed by atoms with van der Waals surface area (Å²) in [7, 11) is 5.66. The minimum Gasteiger partial charge on any atom is -0.497 e. The highest BCUT2D eigenvalue weighted by Gasteiger charge is 2.28. The molecule has 0 bridgehead atoms. The molecule has 0 saturated heterocycles. The summed E-state index contributed by atoms with van der Waals surface area (Å²) in [6.45, 7) is 6.44. The topological polar surface area (TPSA) is 72.8 Å². The maximum atomic E-state index is 13.8. The van der Waals surface area contributed by atoms with Gasteiger partial charge in [0.05, 0.1) is 12.6 Å². The van der Waals surface area contributed by atoms with Crippen LogP contribution in [0.5, 0.6) is 5.75 Å². The van der Waals surface area contributed by atoms with Gasteiger partial charge in [-0.3, -0.25) is 9.36 Å². The van der Waals surface area contributed by atoms with E-state index in [9.17, 15) is 9.59 Å². The Morgan fingerprint density at radius 3 is 2.41 bits per heavy atom. The number of rotatable bonds is 8. The van der Waals surface area contributed by atoms with Gasteiger partial charge in [0.25, 0.3) is 5.91 Å². The van der Waals surface area contributed by atoms with Crippen LogP contribution in [-0.4, -0.2) is 60.9 Å². The van der Waals surface area contributed by atoms with Crippen LogP contribution in [0.15, 0.2) is 54.7 Å². The fourth-order valence-corrected chi connectivity index (χ4v) is 3.76. The van der Waals surface area contributed by atoms with E-state index in [1.807, 2.05) is 89.6 Å². The minimum absolute atomic E-state index is 0.278. The first-order chi connectivity index (χ1) is 16.1. The van der Waals surface area contributed by atoms with Crippen molar-refractivity contribution in [1.29, 1.82) is 0 Å². The van der Waals surface area contributed by atoms with Crippen LogP contribution >= 0.6 is 0 Å². The number of ether oxygens (including phenoxy) is 2. The Bertz CT molecular complexity index is 1130. The second kappa shape index (κ2) is 10.7. The van der Waals surface area contributed by atoms with E-state index in [4.69, 9.17) is 9.47 Å².